The number of piperazine rings is 1. The lowest BCUT2D eigenvalue weighted by molar-refractivity contribution is -0.130. The summed E-state index contributed by atoms with van der Waals surface area (Å²) in [5.74, 6) is 0.408. The maximum absolute atomic E-state index is 13.7. The summed E-state index contributed by atoms with van der Waals surface area (Å²) in [7, 11) is 0. The van der Waals surface area contributed by atoms with E-state index in [1.54, 1.807) is 24.3 Å². The lowest BCUT2D eigenvalue weighted by atomic mass is 9.81. The van der Waals surface area contributed by atoms with Gasteiger partial charge >= 0.3 is 0 Å². The van der Waals surface area contributed by atoms with Crippen LogP contribution in [0.5, 0.6) is 0 Å². The van der Waals surface area contributed by atoms with Gasteiger partial charge in [0.2, 0.25) is 17.6 Å². The number of nitrogens with two attached hydrogens (primary N) is 1. The molecular formula is C36H43N9O3. The molecule has 2 heterocycles. The smallest absolute Gasteiger partial charge is 0.253 e. The lowest BCUT2D eigenvalue weighted by Gasteiger charge is -2.28. The third-order valence-electron chi connectivity index (χ3n) is 9.53. The highest BCUT2D eigenvalue weighted by atomic mass is 16.2. The normalized spacial score (nSPS) is 18.6. The first-order valence-electron chi connectivity index (χ1n) is 16.7. The van der Waals surface area contributed by atoms with Crippen LogP contribution in [0.1, 0.15) is 47.2 Å². The van der Waals surface area contributed by atoms with Crippen molar-refractivity contribution >= 4 is 23.4 Å². The van der Waals surface area contributed by atoms with Crippen LogP contribution in [0.3, 0.4) is 0 Å². The number of benzene rings is 3. The molecule has 1 saturated heterocycles. The lowest BCUT2D eigenvalue weighted by Crippen LogP contribution is -2.48. The quantitative estimate of drug-likeness (QED) is 0.174. The SMILES string of the molecule is Cc1ccc(C(=O)N2CCNCC2)cc1-c1ccc(CC(NC(=O)C2CCC(CN)CC2)C(=O)Nc2ccc(-c3nn[nH]n3)cc2)cc1. The van der Waals surface area contributed by atoms with Crippen molar-refractivity contribution in [2.24, 2.45) is 17.6 Å². The first-order chi connectivity index (χ1) is 23.4. The minimum Gasteiger partial charge on any atom is -0.344 e. The highest BCUT2D eigenvalue weighted by Crippen LogP contribution is 2.29. The fraction of sp³-hybridized carbons (Fsp3) is 0.389. The van der Waals surface area contributed by atoms with Crippen LogP contribution in [0, 0.1) is 18.8 Å². The van der Waals surface area contributed by atoms with E-state index in [4.69, 9.17) is 5.73 Å². The molecule has 250 valence electrons. The summed E-state index contributed by atoms with van der Waals surface area (Å²) >= 11 is 0. The van der Waals surface area contributed by atoms with Gasteiger partial charge in [0.1, 0.15) is 6.04 Å². The summed E-state index contributed by atoms with van der Waals surface area (Å²) in [5, 5.41) is 23.3. The monoisotopic (exact) mass is 649 g/mol. The Morgan fingerprint density at radius 1 is 0.938 bits per heavy atom. The Bertz CT molecular complexity index is 1690. The number of nitrogens with zero attached hydrogens (tertiary/aromatic N) is 4. The van der Waals surface area contributed by atoms with Gasteiger partial charge in [-0.1, -0.05) is 30.3 Å². The number of H-pyrrole nitrogens is 1. The molecule has 1 aromatic heterocycles. The number of tetrazole rings is 1. The summed E-state index contributed by atoms with van der Waals surface area (Å²) < 4.78 is 0. The van der Waals surface area contributed by atoms with E-state index in [1.165, 1.54) is 0 Å². The van der Waals surface area contributed by atoms with Gasteiger partial charge in [0.05, 0.1) is 0 Å². The van der Waals surface area contributed by atoms with Gasteiger partial charge in [-0.05, 0) is 109 Å². The standard InChI is InChI=1S/C36H43N9O3/c1-23-2-7-29(36(48)45-18-16-38-17-19-45)21-31(23)26-8-3-24(4-9-26)20-32(40-34(46)28-10-5-25(22-37)6-11-28)35(47)39-30-14-12-27(13-15-30)33-41-43-44-42-33/h2-4,7-9,12-15,21,25,28,32,38H,5-6,10-11,16-20,22,37H2,1H3,(H,39,47)(H,40,46)(H,41,42,43,44). The molecule has 12 nitrogen and oxygen atoms in total. The number of carbonyl (C=O) groups is 3. The number of anilines is 1. The largest absolute Gasteiger partial charge is 0.344 e. The molecule has 6 rings (SSSR count). The number of amides is 3. The van der Waals surface area contributed by atoms with Crippen LogP contribution in [0.15, 0.2) is 66.7 Å². The number of hydrogen-bond donors (Lipinski definition) is 5. The van der Waals surface area contributed by atoms with Crippen molar-refractivity contribution in [2.45, 2.75) is 45.1 Å². The van der Waals surface area contributed by atoms with E-state index >= 15 is 0 Å². The maximum atomic E-state index is 13.7. The predicted octanol–water partition coefficient (Wildman–Crippen LogP) is 3.32. The molecule has 1 aliphatic heterocycles. The van der Waals surface area contributed by atoms with Gasteiger partial charge < -0.3 is 26.6 Å². The predicted molar refractivity (Wildman–Crippen MR) is 184 cm³/mol. The Hall–Kier alpha value is -4.94. The number of aromatic amines is 1. The Labute approximate surface area is 280 Å². The van der Waals surface area contributed by atoms with Gasteiger partial charge in [-0.25, -0.2) is 0 Å². The first kappa shape index (κ1) is 33.0. The third-order valence-corrected chi connectivity index (χ3v) is 9.53. The van der Waals surface area contributed by atoms with Crippen LogP contribution in [0.4, 0.5) is 5.69 Å². The van der Waals surface area contributed by atoms with Crippen LogP contribution in [0.25, 0.3) is 22.5 Å². The topological polar surface area (TPSA) is 171 Å². The Morgan fingerprint density at radius 2 is 1.65 bits per heavy atom. The van der Waals surface area contributed by atoms with Gasteiger partial charge in [0, 0.05) is 55.3 Å². The van der Waals surface area contributed by atoms with Gasteiger partial charge in [-0.2, -0.15) is 5.21 Å². The molecule has 3 amide bonds. The molecule has 2 aliphatic rings. The number of aromatic nitrogens is 4. The van der Waals surface area contributed by atoms with Crippen molar-refractivity contribution in [2.75, 3.05) is 38.0 Å². The molecule has 6 N–H and O–H groups in total. The molecule has 1 saturated carbocycles. The highest BCUT2D eigenvalue weighted by Gasteiger charge is 2.29. The van der Waals surface area contributed by atoms with E-state index in [0.29, 0.717) is 49.0 Å². The van der Waals surface area contributed by atoms with Gasteiger partial charge in [-0.3, -0.25) is 14.4 Å². The number of carbonyl (C=O) groups excluding carboxylic acids is 3. The number of aryl methyl sites for hydroxylation is 1. The second-order valence-electron chi connectivity index (χ2n) is 12.8. The van der Waals surface area contributed by atoms with Crippen molar-refractivity contribution in [3.05, 3.63) is 83.4 Å². The minimum absolute atomic E-state index is 0.0416. The summed E-state index contributed by atoms with van der Waals surface area (Å²) in [6, 6.07) is 20.2. The Morgan fingerprint density at radius 3 is 2.31 bits per heavy atom. The molecule has 48 heavy (non-hydrogen) atoms. The van der Waals surface area contributed by atoms with Crippen LogP contribution >= 0.6 is 0 Å². The first-order valence-corrected chi connectivity index (χ1v) is 16.7. The average molecular weight is 650 g/mol. The number of hydrogen-bond acceptors (Lipinski definition) is 8. The zero-order valence-electron chi connectivity index (χ0n) is 27.2. The minimum atomic E-state index is -0.783. The summed E-state index contributed by atoms with van der Waals surface area (Å²) in [6.07, 6.45) is 3.69. The Balaban J connectivity index is 1.17. The van der Waals surface area contributed by atoms with E-state index in [2.05, 4.69) is 36.6 Å². The molecule has 3 aromatic carbocycles. The Kier molecular flexibility index (Phi) is 10.5. The van der Waals surface area contributed by atoms with E-state index < -0.39 is 6.04 Å². The van der Waals surface area contributed by atoms with Crippen LogP contribution < -0.4 is 21.7 Å². The molecule has 4 aromatic rings. The second-order valence-corrected chi connectivity index (χ2v) is 12.8. The molecule has 1 atom stereocenters. The van der Waals surface area contributed by atoms with Crippen LogP contribution in [0.2, 0.25) is 0 Å². The van der Waals surface area contributed by atoms with Crippen molar-refractivity contribution in [3.63, 3.8) is 0 Å². The molecule has 0 spiro atoms. The molecule has 2 fully saturated rings. The van der Waals surface area contributed by atoms with E-state index in [9.17, 15) is 14.4 Å². The van der Waals surface area contributed by atoms with E-state index in [1.807, 2.05) is 54.3 Å². The van der Waals surface area contributed by atoms with Crippen molar-refractivity contribution in [3.8, 4) is 22.5 Å². The zero-order chi connectivity index (χ0) is 33.5. The van der Waals surface area contributed by atoms with Crippen LogP contribution in [-0.4, -0.2) is 82.0 Å². The third kappa shape index (κ3) is 7.95. The van der Waals surface area contributed by atoms with Gasteiger partial charge in [-0.15, -0.1) is 10.2 Å². The van der Waals surface area contributed by atoms with E-state index in [0.717, 1.165) is 66.6 Å². The molecule has 12 heteroatoms. The molecule has 0 bridgehead atoms. The maximum Gasteiger partial charge on any atom is 0.253 e. The zero-order valence-corrected chi connectivity index (χ0v) is 27.2. The highest BCUT2D eigenvalue weighted by molar-refractivity contribution is 5.98. The van der Waals surface area contributed by atoms with E-state index in [-0.39, 0.29) is 23.6 Å². The fourth-order valence-electron chi connectivity index (χ4n) is 6.55. The average Bonchev–Trinajstić information content (AvgIpc) is 3.68. The second kappa shape index (κ2) is 15.3. The van der Waals surface area contributed by atoms with Crippen molar-refractivity contribution in [1.29, 1.82) is 0 Å². The van der Waals surface area contributed by atoms with Crippen molar-refractivity contribution < 1.29 is 14.4 Å². The summed E-state index contributed by atoms with van der Waals surface area (Å²) in [5.41, 5.74) is 11.8. The molecule has 1 unspecified atom stereocenters. The van der Waals surface area contributed by atoms with Gasteiger partial charge in [0.15, 0.2) is 0 Å². The number of nitrogens with one attached hydrogen (secondary N) is 4. The molecule has 1 aliphatic carbocycles. The molecule has 0 radical (unpaired) electrons. The summed E-state index contributed by atoms with van der Waals surface area (Å²) in [4.78, 5) is 42.2. The fourth-order valence-corrected chi connectivity index (χ4v) is 6.55. The van der Waals surface area contributed by atoms with Crippen molar-refractivity contribution in [1.82, 2.24) is 36.2 Å². The summed E-state index contributed by atoms with van der Waals surface area (Å²) in [6.45, 7) is 5.67. The molecular weight excluding hydrogens is 606 g/mol. The van der Waals surface area contributed by atoms with Gasteiger partial charge in [0.25, 0.3) is 5.91 Å². The van der Waals surface area contributed by atoms with Crippen LogP contribution in [-0.2, 0) is 16.0 Å². The number of rotatable bonds is 10.